The summed E-state index contributed by atoms with van der Waals surface area (Å²) in [5.41, 5.74) is 4.29. The van der Waals surface area contributed by atoms with Gasteiger partial charge in [0, 0.05) is 42.8 Å². The zero-order chi connectivity index (χ0) is 20.9. The van der Waals surface area contributed by atoms with Crippen LogP contribution >= 0.6 is 0 Å². The van der Waals surface area contributed by atoms with E-state index in [1.165, 1.54) is 5.56 Å². The van der Waals surface area contributed by atoms with Crippen LogP contribution in [0.3, 0.4) is 0 Å². The number of carbonyl (C=O) groups is 2. The Labute approximate surface area is 175 Å². The summed E-state index contributed by atoms with van der Waals surface area (Å²) in [6.07, 6.45) is 1.91. The van der Waals surface area contributed by atoms with Crippen molar-refractivity contribution in [3.8, 4) is 0 Å². The zero-order valence-electron chi connectivity index (χ0n) is 16.8. The van der Waals surface area contributed by atoms with Crippen molar-refractivity contribution >= 4 is 22.7 Å². The lowest BCUT2D eigenvalue weighted by Crippen LogP contribution is -2.23. The summed E-state index contributed by atoms with van der Waals surface area (Å²) in [5, 5.41) is 6.52. The normalized spacial score (nSPS) is 10.7. The summed E-state index contributed by atoms with van der Waals surface area (Å²) in [4.78, 5) is 24.8. The maximum Gasteiger partial charge on any atom is 0.253 e. The highest BCUT2D eigenvalue weighted by molar-refractivity contribution is 6.07. The summed E-state index contributed by atoms with van der Waals surface area (Å²) in [5.74, 6) is -0.282. The van der Waals surface area contributed by atoms with E-state index in [-0.39, 0.29) is 11.8 Å². The Morgan fingerprint density at radius 2 is 1.57 bits per heavy atom. The maximum absolute atomic E-state index is 13.0. The second kappa shape index (κ2) is 8.66. The van der Waals surface area contributed by atoms with Crippen LogP contribution in [0, 0.1) is 0 Å². The molecule has 2 N–H and O–H groups in total. The molecule has 30 heavy (non-hydrogen) atoms. The Kier molecular flexibility index (Phi) is 5.61. The van der Waals surface area contributed by atoms with E-state index in [9.17, 15) is 9.59 Å². The number of para-hydroxylation sites is 1. The van der Waals surface area contributed by atoms with Crippen LogP contribution < -0.4 is 10.6 Å². The van der Waals surface area contributed by atoms with Gasteiger partial charge in [-0.15, -0.1) is 0 Å². The fourth-order valence-corrected chi connectivity index (χ4v) is 3.58. The second-order valence-corrected chi connectivity index (χ2v) is 7.14. The van der Waals surface area contributed by atoms with E-state index < -0.39 is 0 Å². The Morgan fingerprint density at radius 3 is 2.37 bits per heavy atom. The van der Waals surface area contributed by atoms with E-state index in [1.54, 1.807) is 19.2 Å². The molecule has 0 unspecified atom stereocenters. The third-order valence-corrected chi connectivity index (χ3v) is 5.10. The third kappa shape index (κ3) is 4.10. The molecule has 5 heteroatoms. The molecule has 0 aliphatic rings. The third-order valence-electron chi connectivity index (χ3n) is 5.10. The minimum absolute atomic E-state index is 0.136. The van der Waals surface area contributed by atoms with Crippen LogP contribution in [-0.2, 0) is 13.1 Å². The van der Waals surface area contributed by atoms with Gasteiger partial charge in [-0.3, -0.25) is 9.59 Å². The Morgan fingerprint density at radius 1 is 0.833 bits per heavy atom. The van der Waals surface area contributed by atoms with E-state index in [1.807, 2.05) is 60.8 Å². The van der Waals surface area contributed by atoms with Crippen LogP contribution in [0.2, 0.25) is 0 Å². The predicted molar refractivity (Wildman–Crippen MR) is 118 cm³/mol. The molecule has 0 saturated carbocycles. The first kappa shape index (κ1) is 19.5. The van der Waals surface area contributed by atoms with Crippen molar-refractivity contribution in [3.63, 3.8) is 0 Å². The average Bonchev–Trinajstić information content (AvgIpc) is 3.16. The van der Waals surface area contributed by atoms with Crippen molar-refractivity contribution in [2.45, 2.75) is 13.1 Å². The average molecular weight is 397 g/mol. The van der Waals surface area contributed by atoms with Gasteiger partial charge >= 0.3 is 0 Å². The van der Waals surface area contributed by atoms with Crippen molar-refractivity contribution in [1.82, 2.24) is 15.2 Å². The van der Waals surface area contributed by atoms with E-state index >= 15 is 0 Å². The molecule has 0 fully saturated rings. The lowest BCUT2D eigenvalue weighted by molar-refractivity contribution is 0.0950. The molecule has 0 aliphatic heterocycles. The number of nitrogens with zero attached hydrogens (tertiary/aromatic N) is 1. The molecule has 0 bridgehead atoms. The van der Waals surface area contributed by atoms with Gasteiger partial charge in [0.2, 0.25) is 0 Å². The standard InChI is InChI=1S/C25H23N3O2/c1-26-24(29)20-11-7-10-19(14-20)15-27-25(30)22-17-28(16-18-8-3-2-4-9-18)23-13-6-5-12-21(22)23/h2-14,17H,15-16H2,1H3,(H,26,29)(H,27,30). The van der Waals surface area contributed by atoms with Gasteiger partial charge in [0.05, 0.1) is 5.56 Å². The number of carbonyl (C=O) groups excluding carboxylic acids is 2. The number of fused-ring (bicyclic) bond motifs is 1. The molecule has 0 atom stereocenters. The topological polar surface area (TPSA) is 63.1 Å². The molecule has 5 nitrogen and oxygen atoms in total. The molecule has 4 rings (SSSR count). The predicted octanol–water partition coefficient (Wildman–Crippen LogP) is 3.98. The molecule has 0 spiro atoms. The summed E-state index contributed by atoms with van der Waals surface area (Å²) in [7, 11) is 1.60. The molecular weight excluding hydrogens is 374 g/mol. The van der Waals surface area contributed by atoms with E-state index in [2.05, 4.69) is 27.3 Å². The quantitative estimate of drug-likeness (QED) is 0.517. The first-order chi connectivity index (χ1) is 14.7. The molecule has 3 aromatic carbocycles. The molecule has 0 radical (unpaired) electrons. The van der Waals surface area contributed by atoms with Gasteiger partial charge in [-0.25, -0.2) is 0 Å². The van der Waals surface area contributed by atoms with Gasteiger partial charge in [-0.1, -0.05) is 60.7 Å². The molecule has 150 valence electrons. The van der Waals surface area contributed by atoms with Crippen LogP contribution in [0.25, 0.3) is 10.9 Å². The summed E-state index contributed by atoms with van der Waals surface area (Å²) in [6, 6.07) is 25.4. The van der Waals surface area contributed by atoms with E-state index in [0.717, 1.165) is 16.5 Å². The van der Waals surface area contributed by atoms with Crippen LogP contribution in [-0.4, -0.2) is 23.4 Å². The van der Waals surface area contributed by atoms with Crippen molar-refractivity contribution < 1.29 is 9.59 Å². The lowest BCUT2D eigenvalue weighted by atomic mass is 10.1. The van der Waals surface area contributed by atoms with Crippen LogP contribution in [0.5, 0.6) is 0 Å². The number of amides is 2. The highest BCUT2D eigenvalue weighted by Gasteiger charge is 2.15. The number of hydrogen-bond donors (Lipinski definition) is 2. The summed E-state index contributed by atoms with van der Waals surface area (Å²) in [6.45, 7) is 1.05. The number of rotatable bonds is 6. The summed E-state index contributed by atoms with van der Waals surface area (Å²) < 4.78 is 2.10. The highest BCUT2D eigenvalue weighted by atomic mass is 16.2. The Bertz CT molecular complexity index is 1200. The van der Waals surface area contributed by atoms with E-state index in [4.69, 9.17) is 0 Å². The van der Waals surface area contributed by atoms with Crippen molar-refractivity contribution in [3.05, 3.63) is 107 Å². The summed E-state index contributed by atoms with van der Waals surface area (Å²) >= 11 is 0. The van der Waals surface area contributed by atoms with Crippen LogP contribution in [0.1, 0.15) is 31.8 Å². The number of benzene rings is 3. The molecule has 4 aromatic rings. The molecule has 0 aliphatic carbocycles. The van der Waals surface area contributed by atoms with Crippen LogP contribution in [0.4, 0.5) is 0 Å². The molecule has 1 aromatic heterocycles. The van der Waals surface area contributed by atoms with E-state index in [0.29, 0.717) is 24.2 Å². The van der Waals surface area contributed by atoms with Gasteiger partial charge in [-0.05, 0) is 29.3 Å². The number of hydrogen-bond acceptors (Lipinski definition) is 2. The fourth-order valence-electron chi connectivity index (χ4n) is 3.58. The second-order valence-electron chi connectivity index (χ2n) is 7.14. The fraction of sp³-hybridized carbons (Fsp3) is 0.120. The minimum Gasteiger partial charge on any atom is -0.355 e. The van der Waals surface area contributed by atoms with Gasteiger partial charge < -0.3 is 15.2 Å². The molecule has 1 heterocycles. The van der Waals surface area contributed by atoms with Crippen molar-refractivity contribution in [1.29, 1.82) is 0 Å². The zero-order valence-corrected chi connectivity index (χ0v) is 16.8. The SMILES string of the molecule is CNC(=O)c1cccc(CNC(=O)c2cn(Cc3ccccc3)c3ccccc23)c1. The first-order valence-electron chi connectivity index (χ1n) is 9.87. The van der Waals surface area contributed by atoms with Crippen molar-refractivity contribution in [2.75, 3.05) is 7.05 Å². The Hall–Kier alpha value is -3.86. The molecule has 0 saturated heterocycles. The Balaban J connectivity index is 1.56. The number of aromatic nitrogens is 1. The maximum atomic E-state index is 13.0. The van der Waals surface area contributed by atoms with Gasteiger partial charge in [-0.2, -0.15) is 0 Å². The van der Waals surface area contributed by atoms with Crippen LogP contribution in [0.15, 0.2) is 85.1 Å². The highest BCUT2D eigenvalue weighted by Crippen LogP contribution is 2.22. The number of nitrogens with one attached hydrogen (secondary N) is 2. The smallest absolute Gasteiger partial charge is 0.253 e. The molecule has 2 amide bonds. The first-order valence-corrected chi connectivity index (χ1v) is 9.87. The van der Waals surface area contributed by atoms with Gasteiger partial charge in [0.1, 0.15) is 0 Å². The largest absolute Gasteiger partial charge is 0.355 e. The minimum atomic E-state index is -0.146. The lowest BCUT2D eigenvalue weighted by Gasteiger charge is -2.07. The molecular formula is C25H23N3O2. The van der Waals surface area contributed by atoms with Crippen molar-refractivity contribution in [2.24, 2.45) is 0 Å². The van der Waals surface area contributed by atoms with Gasteiger partial charge in [0.15, 0.2) is 0 Å². The monoisotopic (exact) mass is 397 g/mol. The van der Waals surface area contributed by atoms with Gasteiger partial charge in [0.25, 0.3) is 11.8 Å².